The van der Waals surface area contributed by atoms with E-state index in [0.717, 1.165) is 5.56 Å². The van der Waals surface area contributed by atoms with Crippen LogP contribution < -0.4 is 10.1 Å². The summed E-state index contributed by atoms with van der Waals surface area (Å²) >= 11 is 0. The number of alkyl halides is 3. The van der Waals surface area contributed by atoms with E-state index in [0.29, 0.717) is 26.4 Å². The molecule has 0 heterocycles. The molecule has 1 aromatic rings. The second-order valence-electron chi connectivity index (χ2n) is 4.40. The van der Waals surface area contributed by atoms with Gasteiger partial charge in [-0.05, 0) is 24.6 Å². The van der Waals surface area contributed by atoms with Gasteiger partial charge in [0.15, 0.2) is 0 Å². The van der Waals surface area contributed by atoms with Crippen LogP contribution >= 0.6 is 0 Å². The van der Waals surface area contributed by atoms with Crippen LogP contribution in [0.2, 0.25) is 0 Å². The molecule has 0 aliphatic heterocycles. The van der Waals surface area contributed by atoms with Crippen molar-refractivity contribution in [3.05, 3.63) is 29.8 Å². The average Bonchev–Trinajstić information content (AvgIpc) is 2.41. The average molecular weight is 307 g/mol. The number of nitrogens with one attached hydrogen (secondary N) is 1. The predicted molar refractivity (Wildman–Crippen MR) is 72.2 cm³/mol. The van der Waals surface area contributed by atoms with E-state index in [1.807, 2.05) is 6.92 Å². The lowest BCUT2D eigenvalue weighted by molar-refractivity contribution is -0.274. The molecule has 1 atom stereocenters. The van der Waals surface area contributed by atoms with Gasteiger partial charge in [0.2, 0.25) is 0 Å². The number of hydrogen-bond acceptors (Lipinski definition) is 4. The molecule has 7 heteroatoms. The monoisotopic (exact) mass is 307 g/mol. The molecule has 1 unspecified atom stereocenters. The van der Waals surface area contributed by atoms with Crippen molar-refractivity contribution >= 4 is 0 Å². The Kier molecular flexibility index (Phi) is 7.49. The number of ether oxygens (including phenoxy) is 3. The SMILES string of the molecule is COCCOCCNC(C)c1ccc(OC(F)(F)F)cc1. The van der Waals surface area contributed by atoms with Crippen LogP contribution in [0.5, 0.6) is 5.75 Å². The number of rotatable bonds is 9. The van der Waals surface area contributed by atoms with Crippen LogP contribution in [0.1, 0.15) is 18.5 Å². The summed E-state index contributed by atoms with van der Waals surface area (Å²) in [6, 6.07) is 5.82. The van der Waals surface area contributed by atoms with Crippen LogP contribution in [-0.4, -0.2) is 39.8 Å². The maximum absolute atomic E-state index is 12.0. The van der Waals surface area contributed by atoms with Crippen molar-refractivity contribution in [2.45, 2.75) is 19.3 Å². The van der Waals surface area contributed by atoms with Crippen molar-refractivity contribution < 1.29 is 27.4 Å². The smallest absolute Gasteiger partial charge is 0.406 e. The van der Waals surface area contributed by atoms with Crippen molar-refractivity contribution in [3.63, 3.8) is 0 Å². The number of hydrogen-bond donors (Lipinski definition) is 1. The topological polar surface area (TPSA) is 39.7 Å². The molecule has 0 aromatic heterocycles. The molecule has 21 heavy (non-hydrogen) atoms. The largest absolute Gasteiger partial charge is 0.573 e. The summed E-state index contributed by atoms with van der Waals surface area (Å²) in [4.78, 5) is 0. The fourth-order valence-electron chi connectivity index (χ4n) is 1.67. The standard InChI is InChI=1S/C14H20F3NO3/c1-11(18-7-8-20-10-9-19-2)12-3-5-13(6-4-12)21-14(15,16)17/h3-6,11,18H,7-10H2,1-2H3. The van der Waals surface area contributed by atoms with Crippen LogP contribution in [0.15, 0.2) is 24.3 Å². The molecule has 0 amide bonds. The third kappa shape index (κ3) is 7.89. The Morgan fingerprint density at radius 3 is 2.33 bits per heavy atom. The Hall–Kier alpha value is -1.31. The van der Waals surface area contributed by atoms with Gasteiger partial charge in [-0.2, -0.15) is 0 Å². The van der Waals surface area contributed by atoms with E-state index in [9.17, 15) is 13.2 Å². The van der Waals surface area contributed by atoms with Gasteiger partial charge in [-0.25, -0.2) is 0 Å². The lowest BCUT2D eigenvalue weighted by Crippen LogP contribution is -2.24. The molecule has 1 rings (SSSR count). The van der Waals surface area contributed by atoms with Crippen LogP contribution in [0.4, 0.5) is 13.2 Å². The number of benzene rings is 1. The zero-order valence-corrected chi connectivity index (χ0v) is 12.1. The minimum atomic E-state index is -4.66. The minimum absolute atomic E-state index is 0.0101. The summed E-state index contributed by atoms with van der Waals surface area (Å²) in [5, 5.41) is 3.21. The molecular weight excluding hydrogens is 287 g/mol. The van der Waals surface area contributed by atoms with Gasteiger partial charge in [-0.1, -0.05) is 12.1 Å². The number of methoxy groups -OCH3 is 1. The van der Waals surface area contributed by atoms with Gasteiger partial charge in [0, 0.05) is 19.7 Å². The Morgan fingerprint density at radius 1 is 1.10 bits per heavy atom. The van der Waals surface area contributed by atoms with Crippen molar-refractivity contribution in [2.75, 3.05) is 33.5 Å². The Bertz CT molecular complexity index is 395. The molecule has 0 radical (unpaired) electrons. The maximum atomic E-state index is 12.0. The van der Waals surface area contributed by atoms with E-state index in [-0.39, 0.29) is 11.8 Å². The first kappa shape index (κ1) is 17.7. The molecular formula is C14H20F3NO3. The maximum Gasteiger partial charge on any atom is 0.573 e. The first-order chi connectivity index (χ1) is 9.92. The van der Waals surface area contributed by atoms with Gasteiger partial charge < -0.3 is 19.5 Å². The summed E-state index contributed by atoms with van der Waals surface area (Å²) in [6.45, 7) is 4.20. The van der Waals surface area contributed by atoms with Gasteiger partial charge in [0.1, 0.15) is 5.75 Å². The predicted octanol–water partition coefficient (Wildman–Crippen LogP) is 2.90. The molecule has 0 spiro atoms. The zero-order chi connectivity index (χ0) is 15.7. The van der Waals surface area contributed by atoms with Crippen molar-refractivity contribution in [1.29, 1.82) is 0 Å². The normalized spacial score (nSPS) is 13.2. The van der Waals surface area contributed by atoms with Crippen LogP contribution in [0, 0.1) is 0 Å². The molecule has 0 aliphatic carbocycles. The van der Waals surface area contributed by atoms with E-state index >= 15 is 0 Å². The molecule has 4 nitrogen and oxygen atoms in total. The first-order valence-electron chi connectivity index (χ1n) is 6.58. The highest BCUT2D eigenvalue weighted by molar-refractivity contribution is 5.29. The highest BCUT2D eigenvalue weighted by Crippen LogP contribution is 2.24. The molecule has 120 valence electrons. The summed E-state index contributed by atoms with van der Waals surface area (Å²) in [7, 11) is 1.61. The van der Waals surface area contributed by atoms with Gasteiger partial charge in [0.05, 0.1) is 19.8 Å². The van der Waals surface area contributed by atoms with Crippen molar-refractivity contribution in [1.82, 2.24) is 5.32 Å². The Morgan fingerprint density at radius 2 is 1.76 bits per heavy atom. The summed E-state index contributed by atoms with van der Waals surface area (Å²) in [5.41, 5.74) is 0.876. The van der Waals surface area contributed by atoms with E-state index in [1.165, 1.54) is 12.1 Å². The molecule has 0 saturated carbocycles. The van der Waals surface area contributed by atoms with Crippen molar-refractivity contribution in [3.8, 4) is 5.75 Å². The van der Waals surface area contributed by atoms with E-state index in [4.69, 9.17) is 9.47 Å². The van der Waals surface area contributed by atoms with E-state index < -0.39 is 6.36 Å². The summed E-state index contributed by atoms with van der Waals surface area (Å²) in [6.07, 6.45) is -4.66. The van der Waals surface area contributed by atoms with Gasteiger partial charge in [-0.15, -0.1) is 13.2 Å². The van der Waals surface area contributed by atoms with Crippen molar-refractivity contribution in [2.24, 2.45) is 0 Å². The van der Waals surface area contributed by atoms with Crippen LogP contribution in [-0.2, 0) is 9.47 Å². The Labute approximate surface area is 122 Å². The molecule has 0 saturated heterocycles. The second-order valence-corrected chi connectivity index (χ2v) is 4.40. The summed E-state index contributed by atoms with van der Waals surface area (Å²) < 4.78 is 50.1. The van der Waals surface area contributed by atoms with Crippen LogP contribution in [0.3, 0.4) is 0 Å². The molecule has 0 fully saturated rings. The molecule has 0 aliphatic rings. The van der Waals surface area contributed by atoms with Crippen LogP contribution in [0.25, 0.3) is 0 Å². The fraction of sp³-hybridized carbons (Fsp3) is 0.571. The fourth-order valence-corrected chi connectivity index (χ4v) is 1.67. The molecule has 1 aromatic carbocycles. The third-order valence-corrected chi connectivity index (χ3v) is 2.74. The lowest BCUT2D eigenvalue weighted by atomic mass is 10.1. The summed E-state index contributed by atoms with van der Waals surface area (Å²) in [5.74, 6) is -0.221. The van der Waals surface area contributed by atoms with E-state index in [1.54, 1.807) is 19.2 Å². The zero-order valence-electron chi connectivity index (χ0n) is 12.1. The second kappa shape index (κ2) is 8.86. The molecule has 0 bridgehead atoms. The van der Waals surface area contributed by atoms with Gasteiger partial charge in [0.25, 0.3) is 0 Å². The highest BCUT2D eigenvalue weighted by atomic mass is 19.4. The quantitative estimate of drug-likeness (QED) is 0.712. The van der Waals surface area contributed by atoms with Gasteiger partial charge >= 0.3 is 6.36 Å². The lowest BCUT2D eigenvalue weighted by Gasteiger charge is -2.15. The highest BCUT2D eigenvalue weighted by Gasteiger charge is 2.30. The molecule has 1 N–H and O–H groups in total. The van der Waals surface area contributed by atoms with E-state index in [2.05, 4.69) is 10.1 Å². The minimum Gasteiger partial charge on any atom is -0.406 e. The Balaban J connectivity index is 2.32. The van der Waals surface area contributed by atoms with Gasteiger partial charge in [-0.3, -0.25) is 0 Å². The third-order valence-electron chi connectivity index (χ3n) is 2.74. The number of halogens is 3. The first-order valence-corrected chi connectivity index (χ1v) is 6.58.